The maximum absolute atomic E-state index is 13.8. The number of aromatic nitrogens is 5. The molecule has 10 rings (SSSR count). The lowest BCUT2D eigenvalue weighted by Gasteiger charge is -2.33. The van der Waals surface area contributed by atoms with Gasteiger partial charge in [-0.2, -0.15) is 0 Å². The molecule has 4 aliphatic heterocycles. The largest absolute Gasteiger partial charge is 0.465 e. The number of pyridine rings is 1. The van der Waals surface area contributed by atoms with Crippen LogP contribution in [0.25, 0.3) is 33.6 Å². The monoisotopic (exact) mass is 1030 g/mol. The first-order valence-corrected chi connectivity index (χ1v) is 26.8. The number of amides is 4. The lowest BCUT2D eigenvalue weighted by atomic mass is 10.0. The zero-order valence-corrected chi connectivity index (χ0v) is 43.9. The molecule has 0 aliphatic carbocycles. The van der Waals surface area contributed by atoms with Crippen LogP contribution in [-0.2, 0) is 19.1 Å². The second kappa shape index (κ2) is 22.6. The van der Waals surface area contributed by atoms with Gasteiger partial charge < -0.3 is 54.8 Å². The van der Waals surface area contributed by atoms with Crippen molar-refractivity contribution in [2.24, 2.45) is 11.8 Å². The van der Waals surface area contributed by atoms with Crippen molar-refractivity contribution in [3.05, 3.63) is 126 Å². The van der Waals surface area contributed by atoms with E-state index >= 15 is 0 Å². The van der Waals surface area contributed by atoms with Crippen LogP contribution in [0.4, 0.5) is 21.1 Å². The van der Waals surface area contributed by atoms with Gasteiger partial charge in [0.1, 0.15) is 29.6 Å². The number of alkyl carbamates (subject to hydrolysis) is 1. The summed E-state index contributed by atoms with van der Waals surface area (Å²) in [4.78, 5) is 81.0. The number of aromatic amines is 2. The summed E-state index contributed by atoms with van der Waals surface area (Å²) < 4.78 is 10.4. The Balaban J connectivity index is 0.889. The van der Waals surface area contributed by atoms with Gasteiger partial charge in [0.05, 0.1) is 68.3 Å². The Morgan fingerprint density at radius 3 is 1.54 bits per heavy atom. The lowest BCUT2D eigenvalue weighted by molar-refractivity contribution is -0.136. The molecule has 18 nitrogen and oxygen atoms in total. The van der Waals surface area contributed by atoms with Crippen molar-refractivity contribution < 1.29 is 33.8 Å². The molecule has 6 aromatic rings. The topological polar surface area (TPSA) is 214 Å². The molecule has 4 saturated heterocycles. The quantitative estimate of drug-likeness (QED) is 0.0651. The van der Waals surface area contributed by atoms with E-state index in [0.717, 1.165) is 103 Å². The maximum atomic E-state index is 13.8. The van der Waals surface area contributed by atoms with E-state index in [0.29, 0.717) is 32.1 Å². The van der Waals surface area contributed by atoms with Gasteiger partial charge in [0.25, 0.3) is 0 Å². The molecule has 4 amide bonds. The predicted octanol–water partition coefficient (Wildman–Crippen LogP) is 9.45. The Morgan fingerprint density at radius 1 is 0.592 bits per heavy atom. The van der Waals surface area contributed by atoms with E-state index in [2.05, 4.69) is 115 Å². The van der Waals surface area contributed by atoms with E-state index in [1.54, 1.807) is 4.90 Å². The second-order valence-corrected chi connectivity index (χ2v) is 21.1. The lowest BCUT2D eigenvalue weighted by Crippen LogP contribution is -2.51. The van der Waals surface area contributed by atoms with E-state index in [-0.39, 0.29) is 47.8 Å². The fourth-order valence-electron chi connectivity index (χ4n) is 11.6. The van der Waals surface area contributed by atoms with Crippen molar-refractivity contribution >= 4 is 35.5 Å². The number of nitrogens with one attached hydrogen (secondary N) is 4. The Hall–Kier alpha value is -7.73. The summed E-state index contributed by atoms with van der Waals surface area (Å²) in [6, 6.07) is 28.6. The number of H-pyrrole nitrogens is 2. The van der Waals surface area contributed by atoms with Crippen LogP contribution in [0.2, 0.25) is 0 Å². The molecule has 0 saturated carbocycles. The zero-order valence-electron chi connectivity index (χ0n) is 43.9. The Labute approximate surface area is 443 Å². The van der Waals surface area contributed by atoms with Crippen molar-refractivity contribution in [3.63, 3.8) is 0 Å². The fourth-order valence-corrected chi connectivity index (χ4v) is 11.6. The summed E-state index contributed by atoms with van der Waals surface area (Å²) in [5.41, 5.74) is 9.33. The molecule has 0 bridgehead atoms. The van der Waals surface area contributed by atoms with Gasteiger partial charge in [-0.1, -0.05) is 88.4 Å². The van der Waals surface area contributed by atoms with E-state index in [1.165, 1.54) is 18.2 Å². The van der Waals surface area contributed by atoms with Crippen LogP contribution < -0.4 is 20.4 Å². The molecule has 4 aliphatic rings. The Bertz CT molecular complexity index is 2970. The van der Waals surface area contributed by atoms with Gasteiger partial charge in [-0.05, 0) is 102 Å². The van der Waals surface area contributed by atoms with Gasteiger partial charge in [-0.25, -0.2) is 24.5 Å². The Kier molecular flexibility index (Phi) is 15.4. The molecule has 3 aromatic heterocycles. The highest BCUT2D eigenvalue weighted by Gasteiger charge is 2.40. The number of benzene rings is 3. The third-order valence-corrected chi connectivity index (χ3v) is 15.7. The standard InChI is InChI=1S/C58H69N11O7/c1-35(2)51(64-57(72)73)55(70)67-26-6-8-48(67)53-60-33-44(62-53)38-10-14-40(15-11-38)46-23-24-47(69(46)43-21-18-37(19-22-43)42-20-25-50(59-32-42)66-28-30-76-31-29-66)41-16-12-39(13-17-41)45-34-61-54(63-45)49-9-7-27-68(49)56(71)52(36(3)4)65-58(74)75-5/h10-22,25,32-36,46-49,51-52,64H,6-9,23-24,26-31H2,1-5H3,(H,60,62)(H,61,63)(H,65,74)(H,72,73)/t46-,47-,48-,49-,51-,52-/m0/s1. The number of morpholine rings is 1. The maximum Gasteiger partial charge on any atom is 0.407 e. The second-order valence-electron chi connectivity index (χ2n) is 21.1. The number of carboxylic acid groups (broad SMARTS) is 1. The molecular weight excluding hydrogens is 963 g/mol. The number of carbonyl (C=O) groups excluding carboxylic acids is 3. The molecular formula is C58H69N11O7. The normalized spacial score (nSPS) is 20.6. The van der Waals surface area contributed by atoms with Gasteiger partial charge in [-0.3, -0.25) is 9.59 Å². The minimum absolute atomic E-state index is 0.0769. The number of ether oxygens (including phenoxy) is 2. The highest BCUT2D eigenvalue weighted by atomic mass is 16.5. The highest BCUT2D eigenvalue weighted by molar-refractivity contribution is 5.87. The molecule has 0 unspecified atom stereocenters. The first kappa shape index (κ1) is 51.7. The number of hydrogen-bond donors (Lipinski definition) is 5. The van der Waals surface area contributed by atoms with Crippen LogP contribution in [0.15, 0.2) is 104 Å². The van der Waals surface area contributed by atoms with Crippen LogP contribution in [-0.4, -0.2) is 122 Å². The zero-order chi connectivity index (χ0) is 53.0. The van der Waals surface area contributed by atoms with Crippen molar-refractivity contribution in [3.8, 4) is 33.6 Å². The minimum Gasteiger partial charge on any atom is -0.465 e. The number of methoxy groups -OCH3 is 1. The van der Waals surface area contributed by atoms with Crippen LogP contribution in [0.1, 0.15) is 113 Å². The molecule has 7 heterocycles. The van der Waals surface area contributed by atoms with Gasteiger partial charge in [-0.15, -0.1) is 0 Å². The van der Waals surface area contributed by atoms with E-state index in [4.69, 9.17) is 24.4 Å². The van der Waals surface area contributed by atoms with Crippen molar-refractivity contribution in [1.82, 2.24) is 45.4 Å². The SMILES string of the molecule is COC(=O)N[C@H](C(=O)N1CCC[C@H]1c1ncc(-c2ccc([C@@H]3CC[C@@H](c4ccc(-c5cnc([C@@H]6CCCN6C(=O)[C@@H](NC(=O)O)C(C)C)[nH]5)cc4)N3c3ccc(-c4ccc(N5CCOCC5)nc4)cc3)cc2)[nH]1)C(C)C. The van der Waals surface area contributed by atoms with Crippen LogP contribution >= 0.6 is 0 Å². The molecule has 3 aromatic carbocycles. The fraction of sp³-hybridized carbons (Fsp3) is 0.431. The Morgan fingerprint density at radius 2 is 1.08 bits per heavy atom. The van der Waals surface area contributed by atoms with Gasteiger partial charge in [0.15, 0.2) is 0 Å². The van der Waals surface area contributed by atoms with Gasteiger partial charge >= 0.3 is 12.2 Å². The van der Waals surface area contributed by atoms with Crippen LogP contribution in [0.3, 0.4) is 0 Å². The minimum atomic E-state index is -1.21. The molecule has 4 fully saturated rings. The number of imidazole rings is 2. The van der Waals surface area contributed by atoms with Crippen LogP contribution in [0.5, 0.6) is 0 Å². The number of anilines is 2. The molecule has 0 radical (unpaired) electrons. The number of nitrogens with zero attached hydrogens (tertiary/aromatic N) is 7. The predicted molar refractivity (Wildman–Crippen MR) is 289 cm³/mol. The average molecular weight is 1030 g/mol. The highest BCUT2D eigenvalue weighted by Crippen LogP contribution is 2.48. The summed E-state index contributed by atoms with van der Waals surface area (Å²) in [6.45, 7) is 11.7. The molecule has 76 heavy (non-hydrogen) atoms. The number of carbonyl (C=O) groups is 4. The molecule has 6 atom stereocenters. The van der Waals surface area contributed by atoms with Crippen LogP contribution in [0, 0.1) is 11.8 Å². The third kappa shape index (κ3) is 10.9. The summed E-state index contributed by atoms with van der Waals surface area (Å²) in [5.74, 6) is 1.67. The van der Waals surface area contributed by atoms with E-state index in [9.17, 15) is 24.3 Å². The van der Waals surface area contributed by atoms with Crippen molar-refractivity contribution in [2.75, 3.05) is 56.3 Å². The van der Waals surface area contributed by atoms with E-state index in [1.807, 2.05) is 51.2 Å². The van der Waals surface area contributed by atoms with Crippen molar-refractivity contribution in [1.29, 1.82) is 0 Å². The first-order valence-electron chi connectivity index (χ1n) is 26.8. The van der Waals surface area contributed by atoms with Crippen molar-refractivity contribution in [2.45, 2.75) is 102 Å². The van der Waals surface area contributed by atoms with Gasteiger partial charge in [0, 0.05) is 43.6 Å². The number of hydrogen-bond acceptors (Lipinski definition) is 11. The third-order valence-electron chi connectivity index (χ3n) is 15.7. The number of likely N-dealkylation sites (tertiary alicyclic amines) is 2. The average Bonchev–Trinajstić information content (AvgIpc) is 4.33. The first-order chi connectivity index (χ1) is 36.8. The number of rotatable bonds is 15. The summed E-state index contributed by atoms with van der Waals surface area (Å²) in [5, 5.41) is 14.6. The summed E-state index contributed by atoms with van der Waals surface area (Å²) in [6.07, 6.45) is 8.78. The molecule has 18 heteroatoms. The summed E-state index contributed by atoms with van der Waals surface area (Å²) >= 11 is 0. The smallest absolute Gasteiger partial charge is 0.407 e. The molecule has 5 N–H and O–H groups in total. The van der Waals surface area contributed by atoms with Gasteiger partial charge in [0.2, 0.25) is 11.8 Å². The summed E-state index contributed by atoms with van der Waals surface area (Å²) in [7, 11) is 1.30. The molecule has 0 spiro atoms. The molecule has 398 valence electrons. The van der Waals surface area contributed by atoms with E-state index < -0.39 is 24.3 Å².